The maximum atomic E-state index is 13.4. The number of anilines is 1. The second-order valence-electron chi connectivity index (χ2n) is 6.98. The highest BCUT2D eigenvalue weighted by Crippen LogP contribution is 2.33. The summed E-state index contributed by atoms with van der Waals surface area (Å²) < 4.78 is 45.7. The van der Waals surface area contributed by atoms with Gasteiger partial charge in [0.2, 0.25) is 10.0 Å². The Labute approximate surface area is 189 Å². The molecule has 0 amide bonds. The van der Waals surface area contributed by atoms with E-state index in [1.54, 1.807) is 42.5 Å². The molecular formula is C22H20ClFN2O5S. The van der Waals surface area contributed by atoms with E-state index in [4.69, 9.17) is 27.2 Å². The van der Waals surface area contributed by atoms with E-state index >= 15 is 0 Å². The summed E-state index contributed by atoms with van der Waals surface area (Å²) in [6.45, 7) is -0.542. The van der Waals surface area contributed by atoms with Crippen LogP contribution in [0.2, 0.25) is 5.02 Å². The van der Waals surface area contributed by atoms with Crippen LogP contribution >= 0.6 is 11.6 Å². The summed E-state index contributed by atoms with van der Waals surface area (Å²) >= 11 is 5.73. The van der Waals surface area contributed by atoms with Gasteiger partial charge in [-0.2, -0.15) is 4.31 Å². The summed E-state index contributed by atoms with van der Waals surface area (Å²) in [4.78, 5) is 10.8. The molecule has 0 spiro atoms. The van der Waals surface area contributed by atoms with Gasteiger partial charge in [-0.05, 0) is 53.6 Å². The number of sulfonamides is 1. The molecule has 3 rings (SSSR count). The van der Waals surface area contributed by atoms with Crippen molar-refractivity contribution in [3.8, 4) is 16.9 Å². The van der Waals surface area contributed by atoms with Gasteiger partial charge in [-0.15, -0.1) is 0 Å². The monoisotopic (exact) mass is 478 g/mol. The van der Waals surface area contributed by atoms with Crippen LogP contribution in [-0.4, -0.2) is 37.5 Å². The van der Waals surface area contributed by atoms with Gasteiger partial charge in [0.15, 0.2) is 6.61 Å². The van der Waals surface area contributed by atoms with E-state index in [-0.39, 0.29) is 16.5 Å². The standard InChI is InChI=1S/C22H20ClFN2O5S/c1-26(32(29,30)17-6-7-20(24)19(23)11-17)12-14-5-8-21(31-13-22(27)28)18(9-14)15-3-2-4-16(25)10-15/h2-11H,12-13,25H2,1H3,(H,27,28). The van der Waals surface area contributed by atoms with Crippen molar-refractivity contribution in [3.05, 3.63) is 77.1 Å². The third kappa shape index (κ3) is 5.37. The fourth-order valence-corrected chi connectivity index (χ4v) is 4.46. The minimum absolute atomic E-state index is 0.00808. The third-order valence-corrected chi connectivity index (χ3v) is 6.69. The van der Waals surface area contributed by atoms with Crippen LogP contribution in [0.15, 0.2) is 65.6 Å². The number of nitrogens with zero attached hydrogens (tertiary/aromatic N) is 1. The smallest absolute Gasteiger partial charge is 0.341 e. The first kappa shape index (κ1) is 23.5. The molecule has 32 heavy (non-hydrogen) atoms. The fourth-order valence-electron chi connectivity index (χ4n) is 3.03. The zero-order valence-corrected chi connectivity index (χ0v) is 18.5. The molecule has 0 saturated heterocycles. The quantitative estimate of drug-likeness (QED) is 0.473. The first-order chi connectivity index (χ1) is 15.1. The number of carbonyl (C=O) groups is 1. The molecule has 0 heterocycles. The molecule has 0 saturated carbocycles. The molecule has 7 nitrogen and oxygen atoms in total. The van der Waals surface area contributed by atoms with Gasteiger partial charge < -0.3 is 15.6 Å². The molecule has 3 aromatic carbocycles. The average Bonchev–Trinajstić information content (AvgIpc) is 2.74. The van der Waals surface area contributed by atoms with Crippen LogP contribution in [0.3, 0.4) is 0 Å². The van der Waals surface area contributed by atoms with Crippen LogP contribution in [0.5, 0.6) is 5.75 Å². The lowest BCUT2D eigenvalue weighted by Gasteiger charge is -2.19. The summed E-state index contributed by atoms with van der Waals surface area (Å²) in [6, 6.07) is 15.1. The molecule has 168 valence electrons. The Morgan fingerprint density at radius 1 is 1.16 bits per heavy atom. The van der Waals surface area contributed by atoms with Crippen LogP contribution < -0.4 is 10.5 Å². The Balaban J connectivity index is 1.94. The van der Waals surface area contributed by atoms with Crippen molar-refractivity contribution >= 4 is 33.3 Å². The molecule has 0 unspecified atom stereocenters. The van der Waals surface area contributed by atoms with Crippen molar-refractivity contribution in [1.29, 1.82) is 0 Å². The van der Waals surface area contributed by atoms with Crippen molar-refractivity contribution in [3.63, 3.8) is 0 Å². The van der Waals surface area contributed by atoms with Crippen LogP contribution in [0, 0.1) is 5.82 Å². The molecule has 0 aliphatic heterocycles. The van der Waals surface area contributed by atoms with Gasteiger partial charge in [0.05, 0.1) is 9.92 Å². The average molecular weight is 479 g/mol. The first-order valence-corrected chi connectivity index (χ1v) is 11.1. The predicted molar refractivity (Wildman–Crippen MR) is 119 cm³/mol. The lowest BCUT2D eigenvalue weighted by molar-refractivity contribution is -0.139. The van der Waals surface area contributed by atoms with Crippen LogP contribution in [0.1, 0.15) is 5.56 Å². The number of carboxylic acids is 1. The maximum absolute atomic E-state index is 13.4. The lowest BCUT2D eigenvalue weighted by Crippen LogP contribution is -2.26. The maximum Gasteiger partial charge on any atom is 0.341 e. The van der Waals surface area contributed by atoms with Gasteiger partial charge in [-0.25, -0.2) is 17.6 Å². The molecule has 0 bridgehead atoms. The van der Waals surface area contributed by atoms with Crippen LogP contribution in [-0.2, 0) is 21.4 Å². The van der Waals surface area contributed by atoms with E-state index in [2.05, 4.69) is 0 Å². The van der Waals surface area contributed by atoms with Crippen molar-refractivity contribution in [2.45, 2.75) is 11.4 Å². The summed E-state index contributed by atoms with van der Waals surface area (Å²) in [5, 5.41) is 8.65. The van der Waals surface area contributed by atoms with Crippen molar-refractivity contribution in [2.75, 3.05) is 19.4 Å². The molecular weight excluding hydrogens is 459 g/mol. The van der Waals surface area contributed by atoms with E-state index in [1.165, 1.54) is 7.05 Å². The Hall–Kier alpha value is -3.14. The van der Waals surface area contributed by atoms with Crippen LogP contribution in [0.4, 0.5) is 10.1 Å². The van der Waals surface area contributed by atoms with Gasteiger partial charge in [0.25, 0.3) is 0 Å². The van der Waals surface area contributed by atoms with Gasteiger partial charge in [-0.3, -0.25) is 0 Å². The third-order valence-electron chi connectivity index (χ3n) is 4.60. The van der Waals surface area contributed by atoms with Crippen molar-refractivity contribution in [2.24, 2.45) is 0 Å². The van der Waals surface area contributed by atoms with E-state index in [1.807, 2.05) is 0 Å². The van der Waals surface area contributed by atoms with E-state index in [0.29, 0.717) is 28.1 Å². The number of halogens is 2. The molecule has 3 aromatic rings. The zero-order valence-electron chi connectivity index (χ0n) is 17.0. The van der Waals surface area contributed by atoms with Crippen molar-refractivity contribution < 1.29 is 27.4 Å². The summed E-state index contributed by atoms with van der Waals surface area (Å²) in [7, 11) is -2.55. The Kier molecular flexibility index (Phi) is 7.02. The van der Waals surface area contributed by atoms with E-state index in [9.17, 15) is 17.6 Å². The molecule has 0 aromatic heterocycles. The molecule has 0 radical (unpaired) electrons. The molecule has 0 aliphatic rings. The second-order valence-corrected chi connectivity index (χ2v) is 9.43. The van der Waals surface area contributed by atoms with Gasteiger partial charge in [0, 0.05) is 24.8 Å². The summed E-state index contributed by atoms with van der Waals surface area (Å²) in [6.07, 6.45) is 0. The first-order valence-electron chi connectivity index (χ1n) is 9.33. The minimum Gasteiger partial charge on any atom is -0.481 e. The number of rotatable bonds is 8. The number of aliphatic carboxylic acids is 1. The number of benzene rings is 3. The van der Waals surface area contributed by atoms with Gasteiger partial charge >= 0.3 is 5.97 Å². The topological polar surface area (TPSA) is 110 Å². The highest BCUT2D eigenvalue weighted by atomic mass is 35.5. The van der Waals surface area contributed by atoms with Crippen LogP contribution in [0.25, 0.3) is 11.1 Å². The number of nitrogen functional groups attached to an aromatic ring is 1. The SMILES string of the molecule is CN(Cc1ccc(OCC(=O)O)c(-c2cccc(N)c2)c1)S(=O)(=O)c1ccc(F)c(Cl)c1. The number of carboxylic acid groups (broad SMARTS) is 1. The van der Waals surface area contributed by atoms with E-state index < -0.39 is 28.4 Å². The normalized spacial score (nSPS) is 11.5. The number of hydrogen-bond donors (Lipinski definition) is 2. The minimum atomic E-state index is -3.94. The highest BCUT2D eigenvalue weighted by molar-refractivity contribution is 7.89. The van der Waals surface area contributed by atoms with E-state index in [0.717, 1.165) is 22.5 Å². The summed E-state index contributed by atoms with van der Waals surface area (Å²) in [5.74, 6) is -1.52. The van der Waals surface area contributed by atoms with Gasteiger partial charge in [-0.1, -0.05) is 29.8 Å². The zero-order chi connectivity index (χ0) is 23.5. The lowest BCUT2D eigenvalue weighted by atomic mass is 10.0. The van der Waals surface area contributed by atoms with Crippen molar-refractivity contribution in [1.82, 2.24) is 4.31 Å². The number of nitrogens with two attached hydrogens (primary N) is 1. The predicted octanol–water partition coefficient (Wildman–Crippen LogP) is 4.01. The highest BCUT2D eigenvalue weighted by Gasteiger charge is 2.22. The number of hydrogen-bond acceptors (Lipinski definition) is 5. The Morgan fingerprint density at radius 3 is 2.56 bits per heavy atom. The van der Waals surface area contributed by atoms with Gasteiger partial charge in [0.1, 0.15) is 11.6 Å². The number of ether oxygens (including phenoxy) is 1. The molecule has 0 aliphatic carbocycles. The molecule has 3 N–H and O–H groups in total. The Morgan fingerprint density at radius 2 is 1.91 bits per heavy atom. The second kappa shape index (κ2) is 9.56. The summed E-state index contributed by atoms with van der Waals surface area (Å²) in [5.41, 5.74) is 8.24. The molecule has 10 heteroatoms. The fraction of sp³-hybridized carbons (Fsp3) is 0.136. The molecule has 0 atom stereocenters. The Bertz CT molecular complexity index is 1270. The molecule has 0 fully saturated rings. The largest absolute Gasteiger partial charge is 0.481 e.